The van der Waals surface area contributed by atoms with Crippen molar-refractivity contribution in [1.82, 2.24) is 15.6 Å². The molecule has 0 spiro atoms. The zero-order chi connectivity index (χ0) is 16.1. The lowest BCUT2D eigenvalue weighted by Gasteiger charge is -2.35. The van der Waals surface area contributed by atoms with E-state index in [1.54, 1.807) is 11.3 Å². The molecule has 120 valence electrons. The molecule has 1 atom stereocenters. The molecule has 1 aromatic heterocycles. The first-order chi connectivity index (χ1) is 9.62. The number of ether oxygens (including phenoxy) is 1. The molecule has 0 fully saturated rings. The summed E-state index contributed by atoms with van der Waals surface area (Å²) >= 11 is 1.58. The zero-order valence-corrected chi connectivity index (χ0v) is 14.6. The molecule has 0 unspecified atom stereocenters. The molecule has 5 nitrogen and oxygen atoms in total. The number of aromatic nitrogens is 1. The molecule has 1 rings (SSSR count). The zero-order valence-electron chi connectivity index (χ0n) is 13.8. The third kappa shape index (κ3) is 6.44. The summed E-state index contributed by atoms with van der Waals surface area (Å²) in [5, 5.41) is 8.36. The monoisotopic (exact) mass is 313 g/mol. The number of alkyl carbamates (subject to hydrolysis) is 1. The van der Waals surface area contributed by atoms with E-state index >= 15 is 0 Å². The van der Waals surface area contributed by atoms with Crippen molar-refractivity contribution < 1.29 is 9.53 Å². The Morgan fingerprint density at radius 1 is 1.38 bits per heavy atom. The SMILES string of the molecule is CC(C)[C@](C)(CNC(=O)OC(C)(C)C)NCc1cscn1. The van der Waals surface area contributed by atoms with E-state index in [1.165, 1.54) is 0 Å². The number of nitrogens with one attached hydrogen (secondary N) is 2. The van der Waals surface area contributed by atoms with Crippen molar-refractivity contribution in [2.75, 3.05) is 6.54 Å². The van der Waals surface area contributed by atoms with Gasteiger partial charge in [0.1, 0.15) is 5.60 Å². The molecule has 21 heavy (non-hydrogen) atoms. The van der Waals surface area contributed by atoms with Crippen LogP contribution in [0.1, 0.15) is 47.2 Å². The van der Waals surface area contributed by atoms with Crippen molar-refractivity contribution >= 4 is 17.4 Å². The van der Waals surface area contributed by atoms with Gasteiger partial charge >= 0.3 is 6.09 Å². The first-order valence-electron chi connectivity index (χ1n) is 7.21. The van der Waals surface area contributed by atoms with Gasteiger partial charge in [0.05, 0.1) is 11.2 Å². The number of nitrogens with zero attached hydrogens (tertiary/aromatic N) is 1. The molecule has 0 saturated heterocycles. The molecule has 0 aliphatic rings. The maximum atomic E-state index is 11.8. The van der Waals surface area contributed by atoms with Crippen LogP contribution >= 0.6 is 11.3 Å². The highest BCUT2D eigenvalue weighted by molar-refractivity contribution is 7.07. The van der Waals surface area contributed by atoms with Gasteiger partial charge in [-0.1, -0.05) is 13.8 Å². The summed E-state index contributed by atoms with van der Waals surface area (Å²) in [5.41, 5.74) is 2.14. The van der Waals surface area contributed by atoms with Gasteiger partial charge in [-0.3, -0.25) is 0 Å². The number of thiazole rings is 1. The van der Waals surface area contributed by atoms with Crippen LogP contribution < -0.4 is 10.6 Å². The predicted octanol–water partition coefficient (Wildman–Crippen LogP) is 3.17. The van der Waals surface area contributed by atoms with Gasteiger partial charge in [0.15, 0.2) is 0 Å². The molecule has 0 aliphatic heterocycles. The fraction of sp³-hybridized carbons (Fsp3) is 0.733. The number of carbonyl (C=O) groups is 1. The van der Waals surface area contributed by atoms with Gasteiger partial charge in [0.25, 0.3) is 0 Å². The van der Waals surface area contributed by atoms with E-state index in [-0.39, 0.29) is 11.6 Å². The van der Waals surface area contributed by atoms with Crippen LogP contribution in [0.4, 0.5) is 4.79 Å². The van der Waals surface area contributed by atoms with Crippen molar-refractivity contribution in [2.24, 2.45) is 5.92 Å². The van der Waals surface area contributed by atoms with Crippen molar-refractivity contribution in [3.63, 3.8) is 0 Å². The Morgan fingerprint density at radius 3 is 2.52 bits per heavy atom. The molecule has 1 amide bonds. The molecule has 0 saturated carbocycles. The predicted molar refractivity (Wildman–Crippen MR) is 86.4 cm³/mol. The van der Waals surface area contributed by atoms with Gasteiger partial charge in [-0.2, -0.15) is 0 Å². The van der Waals surface area contributed by atoms with E-state index in [4.69, 9.17) is 4.74 Å². The van der Waals surface area contributed by atoms with E-state index in [9.17, 15) is 4.79 Å². The van der Waals surface area contributed by atoms with E-state index in [2.05, 4.69) is 36.4 Å². The third-order valence-corrected chi connectivity index (χ3v) is 4.07. The lowest BCUT2D eigenvalue weighted by atomic mass is 9.88. The van der Waals surface area contributed by atoms with Gasteiger partial charge in [-0.05, 0) is 33.6 Å². The lowest BCUT2D eigenvalue weighted by molar-refractivity contribution is 0.0503. The number of amides is 1. The number of carbonyl (C=O) groups excluding carboxylic acids is 1. The first kappa shape index (κ1) is 17.9. The maximum Gasteiger partial charge on any atom is 0.407 e. The largest absolute Gasteiger partial charge is 0.444 e. The quantitative estimate of drug-likeness (QED) is 0.847. The summed E-state index contributed by atoms with van der Waals surface area (Å²) in [5.74, 6) is 0.353. The summed E-state index contributed by atoms with van der Waals surface area (Å²) in [6, 6.07) is 0. The average Bonchev–Trinajstić information content (AvgIpc) is 2.84. The van der Waals surface area contributed by atoms with Crippen LogP contribution in [0, 0.1) is 5.92 Å². The van der Waals surface area contributed by atoms with E-state index in [0.29, 0.717) is 19.0 Å². The Bertz CT molecular complexity index is 440. The standard InChI is InChI=1S/C15H27N3O2S/c1-11(2)15(6,18-7-12-8-21-10-17-12)9-16-13(19)20-14(3,4)5/h8,10-11,18H,7,9H2,1-6H3,(H,16,19)/t15-/m0/s1. The minimum Gasteiger partial charge on any atom is -0.444 e. The summed E-state index contributed by atoms with van der Waals surface area (Å²) in [4.78, 5) is 16.1. The van der Waals surface area contributed by atoms with E-state index in [1.807, 2.05) is 31.7 Å². The number of rotatable bonds is 6. The lowest BCUT2D eigenvalue weighted by Crippen LogP contribution is -2.55. The minimum atomic E-state index is -0.480. The van der Waals surface area contributed by atoms with Gasteiger partial charge < -0.3 is 15.4 Å². The average molecular weight is 313 g/mol. The topological polar surface area (TPSA) is 63.2 Å². The highest BCUT2D eigenvalue weighted by atomic mass is 32.1. The van der Waals surface area contributed by atoms with Crippen LogP contribution in [0.5, 0.6) is 0 Å². The second-order valence-corrected chi connectivity index (χ2v) is 7.48. The summed E-state index contributed by atoms with van der Waals surface area (Å²) in [6.45, 7) is 13.1. The highest BCUT2D eigenvalue weighted by Gasteiger charge is 2.29. The van der Waals surface area contributed by atoms with Gasteiger partial charge in [-0.15, -0.1) is 11.3 Å². The molecular weight excluding hydrogens is 286 g/mol. The molecule has 0 aromatic carbocycles. The van der Waals surface area contributed by atoms with Crippen molar-refractivity contribution in [3.05, 3.63) is 16.6 Å². The summed E-state index contributed by atoms with van der Waals surface area (Å²) < 4.78 is 5.27. The second-order valence-electron chi connectivity index (χ2n) is 6.76. The molecule has 0 radical (unpaired) electrons. The minimum absolute atomic E-state index is 0.222. The molecule has 1 aromatic rings. The molecular formula is C15H27N3O2S. The van der Waals surface area contributed by atoms with Crippen molar-refractivity contribution in [2.45, 2.75) is 59.2 Å². The fourth-order valence-corrected chi connectivity index (χ4v) is 2.22. The smallest absolute Gasteiger partial charge is 0.407 e. The van der Waals surface area contributed by atoms with Gasteiger partial charge in [-0.25, -0.2) is 9.78 Å². The Labute approximate surface area is 131 Å². The summed E-state index contributed by atoms with van der Waals surface area (Å²) in [7, 11) is 0. The van der Waals surface area contributed by atoms with Crippen LogP contribution in [0.2, 0.25) is 0 Å². The van der Waals surface area contributed by atoms with Crippen molar-refractivity contribution in [3.8, 4) is 0 Å². The third-order valence-electron chi connectivity index (χ3n) is 3.43. The Balaban J connectivity index is 2.53. The number of hydrogen-bond donors (Lipinski definition) is 2. The first-order valence-corrected chi connectivity index (χ1v) is 8.15. The van der Waals surface area contributed by atoms with Crippen molar-refractivity contribution in [1.29, 1.82) is 0 Å². The van der Waals surface area contributed by atoms with Gasteiger partial charge in [0, 0.05) is 24.0 Å². The van der Waals surface area contributed by atoms with Gasteiger partial charge in [0.2, 0.25) is 0 Å². The maximum absolute atomic E-state index is 11.8. The number of hydrogen-bond acceptors (Lipinski definition) is 5. The molecule has 2 N–H and O–H groups in total. The summed E-state index contributed by atoms with van der Waals surface area (Å²) in [6.07, 6.45) is -0.384. The Hall–Kier alpha value is -1.14. The fourth-order valence-electron chi connectivity index (χ4n) is 1.66. The molecule has 0 aliphatic carbocycles. The molecule has 1 heterocycles. The van der Waals surface area contributed by atoms with E-state index < -0.39 is 5.60 Å². The molecule has 6 heteroatoms. The van der Waals surface area contributed by atoms with Crippen LogP contribution in [0.15, 0.2) is 10.9 Å². The van der Waals surface area contributed by atoms with Crippen LogP contribution in [0.25, 0.3) is 0 Å². The Morgan fingerprint density at radius 2 is 2.05 bits per heavy atom. The van der Waals surface area contributed by atoms with Crippen LogP contribution in [-0.2, 0) is 11.3 Å². The second kappa shape index (κ2) is 7.22. The van der Waals surface area contributed by atoms with Crippen LogP contribution in [-0.4, -0.2) is 28.8 Å². The Kier molecular flexibility index (Phi) is 6.16. The van der Waals surface area contributed by atoms with Crippen LogP contribution in [0.3, 0.4) is 0 Å². The normalized spacial score (nSPS) is 14.8. The highest BCUT2D eigenvalue weighted by Crippen LogP contribution is 2.17. The van der Waals surface area contributed by atoms with E-state index in [0.717, 1.165) is 5.69 Å². The molecule has 0 bridgehead atoms.